The summed E-state index contributed by atoms with van der Waals surface area (Å²) in [6.45, 7) is 9.27. The molecule has 26 heavy (non-hydrogen) atoms. The van der Waals surface area contributed by atoms with Crippen LogP contribution in [0.5, 0.6) is 17.2 Å². The molecule has 0 saturated heterocycles. The van der Waals surface area contributed by atoms with Crippen molar-refractivity contribution in [3.63, 3.8) is 0 Å². The first-order valence-electron chi connectivity index (χ1n) is 8.84. The fourth-order valence-electron chi connectivity index (χ4n) is 3.91. The zero-order valence-electron chi connectivity index (χ0n) is 16.7. The van der Waals surface area contributed by atoms with Crippen molar-refractivity contribution in [2.45, 2.75) is 43.3 Å². The molecule has 0 aliphatic heterocycles. The van der Waals surface area contributed by atoms with E-state index in [-0.39, 0.29) is 16.1 Å². The quantitative estimate of drug-likeness (QED) is 0.657. The zero-order chi connectivity index (χ0) is 19.1. The molecular formula is C22H28O3S. The van der Waals surface area contributed by atoms with Gasteiger partial charge in [-0.2, -0.15) is 0 Å². The highest BCUT2D eigenvalue weighted by Crippen LogP contribution is 2.67. The maximum absolute atomic E-state index is 5.83. The first-order chi connectivity index (χ1) is 12.3. The Bertz CT molecular complexity index is 797. The molecule has 1 unspecified atom stereocenters. The lowest BCUT2D eigenvalue weighted by molar-refractivity contribution is 0.215. The lowest BCUT2D eigenvalue weighted by Crippen LogP contribution is -2.34. The van der Waals surface area contributed by atoms with Gasteiger partial charge in [-0.05, 0) is 29.2 Å². The lowest BCUT2D eigenvalue weighted by atomic mass is 9.68. The summed E-state index contributed by atoms with van der Waals surface area (Å²) in [7, 11) is 5.04. The van der Waals surface area contributed by atoms with E-state index < -0.39 is 0 Å². The van der Waals surface area contributed by atoms with E-state index in [9.17, 15) is 0 Å². The summed E-state index contributed by atoms with van der Waals surface area (Å²) in [5.41, 5.74) is 2.42. The van der Waals surface area contributed by atoms with E-state index in [1.165, 1.54) is 16.0 Å². The van der Waals surface area contributed by atoms with Gasteiger partial charge in [0.05, 0.1) is 21.3 Å². The fourth-order valence-corrected chi connectivity index (χ4v) is 5.40. The predicted octanol–water partition coefficient (Wildman–Crippen LogP) is 5.86. The molecule has 0 amide bonds. The minimum atomic E-state index is -0.0837. The summed E-state index contributed by atoms with van der Waals surface area (Å²) in [4.78, 5) is 1.27. The van der Waals surface area contributed by atoms with Crippen LogP contribution in [-0.2, 0) is 5.41 Å². The number of benzene rings is 2. The molecule has 0 fully saturated rings. The predicted molar refractivity (Wildman–Crippen MR) is 108 cm³/mol. The molecule has 0 aromatic heterocycles. The largest absolute Gasteiger partial charge is 0.493 e. The molecule has 2 aromatic carbocycles. The Morgan fingerprint density at radius 2 is 1.46 bits per heavy atom. The molecule has 3 nitrogen and oxygen atoms in total. The number of methoxy groups -OCH3 is 3. The van der Waals surface area contributed by atoms with Crippen LogP contribution in [0.25, 0.3) is 0 Å². The molecule has 0 heterocycles. The Balaban J connectivity index is 2.25. The van der Waals surface area contributed by atoms with Crippen molar-refractivity contribution in [2.75, 3.05) is 21.3 Å². The molecular weight excluding hydrogens is 344 g/mol. The molecule has 1 aliphatic rings. The van der Waals surface area contributed by atoms with Gasteiger partial charge < -0.3 is 14.2 Å². The van der Waals surface area contributed by atoms with E-state index in [0.29, 0.717) is 5.75 Å². The standard InChI is InChI=1S/C22H28O3S/c1-21(2)17-15(13-16(23-5)18(24-6)19(17)25-7)20(22(21,3)4)26-14-11-9-8-10-12-14/h8-13,20H,1-7H3. The number of hydrogen-bond donors (Lipinski definition) is 0. The highest BCUT2D eigenvalue weighted by atomic mass is 32.2. The number of rotatable bonds is 5. The Hall–Kier alpha value is -1.81. The number of ether oxygens (including phenoxy) is 3. The van der Waals surface area contributed by atoms with Crippen molar-refractivity contribution in [1.82, 2.24) is 0 Å². The Morgan fingerprint density at radius 1 is 0.846 bits per heavy atom. The Morgan fingerprint density at radius 3 is 2.00 bits per heavy atom. The second-order valence-electron chi connectivity index (χ2n) is 7.77. The van der Waals surface area contributed by atoms with Gasteiger partial charge in [0, 0.05) is 21.1 Å². The molecule has 0 radical (unpaired) electrons. The molecule has 4 heteroatoms. The Labute approximate surface area is 161 Å². The number of fused-ring (bicyclic) bond motifs is 1. The lowest BCUT2D eigenvalue weighted by Gasteiger charge is -2.39. The molecule has 1 aliphatic carbocycles. The minimum absolute atomic E-state index is 0.0144. The molecule has 1 atom stereocenters. The molecule has 140 valence electrons. The third-order valence-corrected chi connectivity index (χ3v) is 7.65. The summed E-state index contributed by atoms with van der Waals surface area (Å²) < 4.78 is 17.1. The van der Waals surface area contributed by atoms with E-state index >= 15 is 0 Å². The van der Waals surface area contributed by atoms with Gasteiger partial charge >= 0.3 is 0 Å². The topological polar surface area (TPSA) is 27.7 Å². The van der Waals surface area contributed by atoms with E-state index in [0.717, 1.165) is 11.5 Å². The monoisotopic (exact) mass is 372 g/mol. The summed E-state index contributed by atoms with van der Waals surface area (Å²) in [5, 5.41) is 0.281. The van der Waals surface area contributed by atoms with Crippen molar-refractivity contribution in [1.29, 1.82) is 0 Å². The maximum atomic E-state index is 5.83. The van der Waals surface area contributed by atoms with Crippen LogP contribution in [0.15, 0.2) is 41.3 Å². The van der Waals surface area contributed by atoms with Gasteiger partial charge in [0.15, 0.2) is 11.5 Å². The zero-order valence-corrected chi connectivity index (χ0v) is 17.5. The Kier molecular flexibility index (Phi) is 4.91. The van der Waals surface area contributed by atoms with Gasteiger partial charge in [-0.15, -0.1) is 11.8 Å². The number of hydrogen-bond acceptors (Lipinski definition) is 4. The average molecular weight is 373 g/mol. The van der Waals surface area contributed by atoms with Gasteiger partial charge in [-0.1, -0.05) is 45.9 Å². The molecule has 2 aromatic rings. The van der Waals surface area contributed by atoms with Crippen molar-refractivity contribution >= 4 is 11.8 Å². The molecule has 0 saturated carbocycles. The normalized spacial score (nSPS) is 19.7. The summed E-state index contributed by atoms with van der Waals surface area (Å²) in [5.74, 6) is 2.18. The van der Waals surface area contributed by atoms with E-state index in [4.69, 9.17) is 14.2 Å². The van der Waals surface area contributed by atoms with Crippen LogP contribution in [0.1, 0.15) is 44.1 Å². The maximum Gasteiger partial charge on any atom is 0.203 e. The second kappa shape index (κ2) is 6.73. The molecule has 0 N–H and O–H groups in total. The SMILES string of the molecule is COc1cc2c(c(OC)c1OC)C(C)(C)C(C)(C)C2Sc1ccccc1. The average Bonchev–Trinajstić information content (AvgIpc) is 2.78. The van der Waals surface area contributed by atoms with Crippen LogP contribution in [0.3, 0.4) is 0 Å². The first-order valence-corrected chi connectivity index (χ1v) is 9.72. The van der Waals surface area contributed by atoms with Crippen LogP contribution < -0.4 is 14.2 Å². The van der Waals surface area contributed by atoms with Crippen molar-refractivity contribution in [2.24, 2.45) is 5.41 Å². The van der Waals surface area contributed by atoms with Crippen LogP contribution in [0, 0.1) is 5.41 Å². The van der Waals surface area contributed by atoms with Crippen LogP contribution in [-0.4, -0.2) is 21.3 Å². The molecule has 0 bridgehead atoms. The van der Waals surface area contributed by atoms with Crippen LogP contribution in [0.4, 0.5) is 0 Å². The van der Waals surface area contributed by atoms with Crippen LogP contribution in [0.2, 0.25) is 0 Å². The van der Waals surface area contributed by atoms with Crippen molar-refractivity contribution < 1.29 is 14.2 Å². The van der Waals surface area contributed by atoms with Crippen LogP contribution >= 0.6 is 11.8 Å². The highest BCUT2D eigenvalue weighted by molar-refractivity contribution is 7.99. The summed E-state index contributed by atoms with van der Waals surface area (Å²) in [6.07, 6.45) is 0. The number of thioether (sulfide) groups is 1. The molecule has 3 rings (SSSR count). The highest BCUT2D eigenvalue weighted by Gasteiger charge is 2.55. The third-order valence-electron chi connectivity index (χ3n) is 6.03. The smallest absolute Gasteiger partial charge is 0.203 e. The first kappa shape index (κ1) is 19.0. The molecule has 0 spiro atoms. The minimum Gasteiger partial charge on any atom is -0.493 e. The summed E-state index contributed by atoms with van der Waals surface area (Å²) >= 11 is 1.90. The summed E-state index contributed by atoms with van der Waals surface area (Å²) in [6, 6.07) is 12.7. The van der Waals surface area contributed by atoms with E-state index in [2.05, 4.69) is 64.1 Å². The van der Waals surface area contributed by atoms with Gasteiger partial charge in [0.25, 0.3) is 0 Å². The van der Waals surface area contributed by atoms with E-state index in [1.54, 1.807) is 21.3 Å². The van der Waals surface area contributed by atoms with Gasteiger partial charge in [-0.25, -0.2) is 0 Å². The second-order valence-corrected chi connectivity index (χ2v) is 8.95. The fraction of sp³-hybridized carbons (Fsp3) is 0.455. The van der Waals surface area contributed by atoms with Crippen molar-refractivity contribution in [3.05, 3.63) is 47.5 Å². The van der Waals surface area contributed by atoms with Gasteiger partial charge in [0.2, 0.25) is 5.75 Å². The third kappa shape index (κ3) is 2.66. The van der Waals surface area contributed by atoms with Gasteiger partial charge in [0.1, 0.15) is 0 Å². The van der Waals surface area contributed by atoms with Crippen molar-refractivity contribution in [3.8, 4) is 17.2 Å². The van der Waals surface area contributed by atoms with Gasteiger partial charge in [-0.3, -0.25) is 0 Å². The van der Waals surface area contributed by atoms with E-state index in [1.807, 2.05) is 11.8 Å².